The van der Waals surface area contributed by atoms with Crippen molar-refractivity contribution in [2.75, 3.05) is 13.2 Å². The van der Waals surface area contributed by atoms with E-state index in [9.17, 15) is 0 Å². The van der Waals surface area contributed by atoms with E-state index in [0.29, 0.717) is 13.2 Å². The van der Waals surface area contributed by atoms with Crippen LogP contribution >= 0.6 is 24.4 Å². The fourth-order valence-corrected chi connectivity index (χ4v) is 2.52. The molecule has 10 heteroatoms. The minimum absolute atomic E-state index is 0.131. The molecule has 0 aliphatic heterocycles. The molecule has 0 spiro atoms. The summed E-state index contributed by atoms with van der Waals surface area (Å²) in [5.41, 5.74) is 19.3. The van der Waals surface area contributed by atoms with Crippen molar-refractivity contribution in [3.63, 3.8) is 0 Å². The van der Waals surface area contributed by atoms with Crippen LogP contribution in [0.5, 0.6) is 11.5 Å². The highest BCUT2D eigenvalue weighted by molar-refractivity contribution is 7.80. The predicted molar refractivity (Wildman–Crippen MR) is 133 cm³/mol. The molecule has 0 aliphatic rings. The van der Waals surface area contributed by atoms with Crippen LogP contribution in [-0.2, 0) is 0 Å². The summed E-state index contributed by atoms with van der Waals surface area (Å²) in [7, 11) is 0. The predicted octanol–water partition coefficient (Wildman–Crippen LogP) is 2.65. The van der Waals surface area contributed by atoms with E-state index in [0.717, 1.165) is 40.5 Å². The van der Waals surface area contributed by atoms with Gasteiger partial charge < -0.3 is 20.9 Å². The van der Waals surface area contributed by atoms with Crippen molar-refractivity contribution in [1.82, 2.24) is 10.9 Å². The first kappa shape index (κ1) is 24.0. The Bertz CT molecular complexity index is 866. The molecular formula is C21H26N6O2S2. The summed E-state index contributed by atoms with van der Waals surface area (Å²) in [5.74, 6) is 1.56. The Morgan fingerprint density at radius 1 is 0.742 bits per heavy atom. The summed E-state index contributed by atoms with van der Waals surface area (Å²) in [4.78, 5) is 0. The van der Waals surface area contributed by atoms with Gasteiger partial charge in [0.05, 0.1) is 24.6 Å². The van der Waals surface area contributed by atoms with Crippen LogP contribution in [0.4, 0.5) is 0 Å². The summed E-state index contributed by atoms with van der Waals surface area (Å²) in [6.07, 6.45) is 0.750. The van der Waals surface area contributed by atoms with E-state index in [-0.39, 0.29) is 10.2 Å². The van der Waals surface area contributed by atoms with Crippen LogP contribution in [0.2, 0.25) is 0 Å². The maximum atomic E-state index is 5.75. The summed E-state index contributed by atoms with van der Waals surface area (Å²) >= 11 is 9.47. The van der Waals surface area contributed by atoms with Gasteiger partial charge >= 0.3 is 0 Å². The third-order valence-corrected chi connectivity index (χ3v) is 4.22. The van der Waals surface area contributed by atoms with Crippen molar-refractivity contribution in [2.45, 2.75) is 20.3 Å². The van der Waals surface area contributed by atoms with Crippen LogP contribution in [0.25, 0.3) is 0 Å². The van der Waals surface area contributed by atoms with Gasteiger partial charge in [0.25, 0.3) is 0 Å². The smallest absolute Gasteiger partial charge is 0.184 e. The maximum Gasteiger partial charge on any atom is 0.184 e. The maximum absolute atomic E-state index is 5.75. The molecule has 0 aromatic heterocycles. The van der Waals surface area contributed by atoms with Crippen molar-refractivity contribution >= 4 is 46.1 Å². The largest absolute Gasteiger partial charge is 0.493 e. The second-order valence-electron chi connectivity index (χ2n) is 6.45. The first-order chi connectivity index (χ1) is 14.8. The molecule has 0 aliphatic carbocycles. The Balaban J connectivity index is 1.72. The zero-order chi connectivity index (χ0) is 22.6. The number of thiocarbonyl (C=S) groups is 2. The normalized spacial score (nSPS) is 11.5. The van der Waals surface area contributed by atoms with Gasteiger partial charge in [-0.05, 0) is 97.9 Å². The Morgan fingerprint density at radius 2 is 1.10 bits per heavy atom. The monoisotopic (exact) mass is 458 g/mol. The summed E-state index contributed by atoms with van der Waals surface area (Å²) in [6.45, 7) is 4.82. The van der Waals surface area contributed by atoms with E-state index in [1.165, 1.54) is 0 Å². The van der Waals surface area contributed by atoms with Crippen LogP contribution in [0.15, 0.2) is 58.7 Å². The van der Waals surface area contributed by atoms with Crippen LogP contribution in [-0.4, -0.2) is 34.9 Å². The van der Waals surface area contributed by atoms with Gasteiger partial charge in [-0.25, -0.2) is 0 Å². The molecule has 8 nitrogen and oxygen atoms in total. The highest BCUT2D eigenvalue weighted by atomic mass is 32.1. The van der Waals surface area contributed by atoms with Crippen LogP contribution in [0.3, 0.4) is 0 Å². The molecule has 31 heavy (non-hydrogen) atoms. The molecule has 0 heterocycles. The molecule has 0 saturated carbocycles. The standard InChI is InChI=1S/C21H26N6O2S2/c1-14(24-26-20(22)30)16-4-8-18(9-5-16)28-12-3-13-29-19-10-6-17(7-11-19)15(2)25-27-21(23)31/h4-11H,3,12-13H2,1-2H3,(H3,22,26,30)(H3,23,27,31)/b24-14+,25-15+. The van der Waals surface area contributed by atoms with E-state index in [1.807, 2.05) is 62.4 Å². The quantitative estimate of drug-likeness (QED) is 0.186. The Kier molecular flexibility index (Phi) is 9.66. The van der Waals surface area contributed by atoms with Gasteiger partial charge in [-0.1, -0.05) is 0 Å². The highest BCUT2D eigenvalue weighted by Gasteiger charge is 2.01. The molecular weight excluding hydrogens is 432 g/mol. The first-order valence-electron chi connectivity index (χ1n) is 9.51. The molecule has 0 unspecified atom stereocenters. The Morgan fingerprint density at radius 3 is 1.42 bits per heavy atom. The van der Waals surface area contributed by atoms with Crippen LogP contribution in [0, 0.1) is 0 Å². The molecule has 2 aromatic rings. The van der Waals surface area contributed by atoms with Crippen molar-refractivity contribution in [1.29, 1.82) is 0 Å². The minimum atomic E-state index is 0.131. The van der Waals surface area contributed by atoms with Gasteiger partial charge in [0, 0.05) is 6.42 Å². The zero-order valence-electron chi connectivity index (χ0n) is 17.4. The molecule has 6 N–H and O–H groups in total. The topological polar surface area (TPSA) is 119 Å². The lowest BCUT2D eigenvalue weighted by Crippen LogP contribution is -2.25. The van der Waals surface area contributed by atoms with E-state index in [4.69, 9.17) is 45.4 Å². The molecule has 0 amide bonds. The van der Waals surface area contributed by atoms with Crippen molar-refractivity contribution < 1.29 is 9.47 Å². The lowest BCUT2D eigenvalue weighted by molar-refractivity contribution is 0.247. The number of hydrogen-bond acceptors (Lipinski definition) is 6. The first-order valence-corrected chi connectivity index (χ1v) is 10.3. The number of hydrazone groups is 2. The Labute approximate surface area is 192 Å². The number of hydrogen-bond donors (Lipinski definition) is 4. The number of rotatable bonds is 10. The number of nitrogens with zero attached hydrogens (tertiary/aromatic N) is 2. The summed E-state index contributed by atoms with van der Waals surface area (Å²) < 4.78 is 11.5. The van der Waals surface area contributed by atoms with E-state index in [1.54, 1.807) is 0 Å². The molecule has 164 valence electrons. The third-order valence-electron chi connectivity index (χ3n) is 4.04. The molecule has 0 radical (unpaired) electrons. The average molecular weight is 459 g/mol. The Hall–Kier alpha value is -3.24. The number of benzene rings is 2. The third kappa shape index (κ3) is 8.97. The average Bonchev–Trinajstić information content (AvgIpc) is 2.76. The highest BCUT2D eigenvalue weighted by Crippen LogP contribution is 2.15. The van der Waals surface area contributed by atoms with E-state index in [2.05, 4.69) is 21.1 Å². The number of nitrogens with one attached hydrogen (secondary N) is 2. The van der Waals surface area contributed by atoms with Gasteiger partial charge in [0.15, 0.2) is 10.2 Å². The molecule has 0 saturated heterocycles. The van der Waals surface area contributed by atoms with Gasteiger partial charge in [-0.15, -0.1) is 0 Å². The van der Waals surface area contributed by atoms with Crippen LogP contribution in [0.1, 0.15) is 31.4 Å². The second kappa shape index (κ2) is 12.5. The number of ether oxygens (including phenoxy) is 2. The molecule has 0 fully saturated rings. The second-order valence-corrected chi connectivity index (χ2v) is 7.33. The van der Waals surface area contributed by atoms with Gasteiger partial charge in [-0.2, -0.15) is 10.2 Å². The van der Waals surface area contributed by atoms with Crippen molar-refractivity contribution in [3.05, 3.63) is 59.7 Å². The van der Waals surface area contributed by atoms with Crippen molar-refractivity contribution in [3.8, 4) is 11.5 Å². The molecule has 2 aromatic carbocycles. The minimum Gasteiger partial charge on any atom is -0.493 e. The van der Waals surface area contributed by atoms with Gasteiger partial charge in [-0.3, -0.25) is 10.9 Å². The van der Waals surface area contributed by atoms with E-state index >= 15 is 0 Å². The number of nitrogens with two attached hydrogens (primary N) is 2. The fourth-order valence-electron chi connectivity index (χ4n) is 2.43. The van der Waals surface area contributed by atoms with E-state index < -0.39 is 0 Å². The zero-order valence-corrected chi connectivity index (χ0v) is 19.1. The fraction of sp³-hybridized carbons (Fsp3) is 0.238. The molecule has 2 rings (SSSR count). The van der Waals surface area contributed by atoms with Gasteiger partial charge in [0.1, 0.15) is 11.5 Å². The lowest BCUT2D eigenvalue weighted by Gasteiger charge is -2.09. The molecule has 0 bridgehead atoms. The van der Waals surface area contributed by atoms with Gasteiger partial charge in [0.2, 0.25) is 0 Å². The van der Waals surface area contributed by atoms with Crippen LogP contribution < -0.4 is 31.8 Å². The summed E-state index contributed by atoms with van der Waals surface area (Å²) in [6, 6.07) is 15.3. The lowest BCUT2D eigenvalue weighted by atomic mass is 10.1. The van der Waals surface area contributed by atoms with Crippen molar-refractivity contribution in [2.24, 2.45) is 21.7 Å². The SMILES string of the molecule is C/C(=N\NC(N)=S)c1ccc(OCCCOc2ccc(/C(C)=N/NC(N)=S)cc2)cc1. The summed E-state index contributed by atoms with van der Waals surface area (Å²) in [5, 5.41) is 8.45. The molecule has 0 atom stereocenters.